The van der Waals surface area contributed by atoms with Crippen LogP contribution in [0.15, 0.2) is 30.6 Å². The standard InChI is InChI=1S/C22H25FN4S/c23-18-7-3-1-5-15(18)13-27-11-9-16(10-12-27)26-21-20-17-6-2-4-8-19(17)28-22(20)25-14-24-21/h1,3,5,7,14,16H,2,4,6,8-13H2,(H,24,25,26). The van der Waals surface area contributed by atoms with Gasteiger partial charge < -0.3 is 5.32 Å². The lowest BCUT2D eigenvalue weighted by molar-refractivity contribution is 0.209. The molecule has 0 spiro atoms. The molecular weight excluding hydrogens is 371 g/mol. The lowest BCUT2D eigenvalue weighted by atomic mass is 9.96. The number of nitrogens with zero attached hydrogens (tertiary/aromatic N) is 3. The minimum atomic E-state index is -0.103. The van der Waals surface area contributed by atoms with Crippen molar-refractivity contribution in [1.29, 1.82) is 0 Å². The zero-order valence-electron chi connectivity index (χ0n) is 16.0. The summed E-state index contributed by atoms with van der Waals surface area (Å²) in [6.07, 6.45) is 8.68. The van der Waals surface area contributed by atoms with Gasteiger partial charge in [-0.3, -0.25) is 4.90 Å². The van der Waals surface area contributed by atoms with E-state index in [1.807, 2.05) is 23.5 Å². The van der Waals surface area contributed by atoms with Gasteiger partial charge in [0.25, 0.3) is 0 Å². The summed E-state index contributed by atoms with van der Waals surface area (Å²) < 4.78 is 13.9. The zero-order valence-corrected chi connectivity index (χ0v) is 16.8. The van der Waals surface area contributed by atoms with E-state index < -0.39 is 0 Å². The lowest BCUT2D eigenvalue weighted by Gasteiger charge is -2.32. The first kappa shape index (κ1) is 18.0. The summed E-state index contributed by atoms with van der Waals surface area (Å²) in [5, 5.41) is 4.97. The van der Waals surface area contributed by atoms with Crippen LogP contribution in [0.2, 0.25) is 0 Å². The Bertz CT molecular complexity index is 978. The van der Waals surface area contributed by atoms with E-state index in [-0.39, 0.29) is 5.82 Å². The number of hydrogen-bond donors (Lipinski definition) is 1. The largest absolute Gasteiger partial charge is 0.367 e. The number of halogens is 1. The number of nitrogens with one attached hydrogen (secondary N) is 1. The molecule has 1 N–H and O–H groups in total. The summed E-state index contributed by atoms with van der Waals surface area (Å²) in [4.78, 5) is 14.1. The predicted molar refractivity (Wildman–Crippen MR) is 112 cm³/mol. The quantitative estimate of drug-likeness (QED) is 0.689. The highest BCUT2D eigenvalue weighted by Gasteiger charge is 2.24. The Kier molecular flexibility index (Phi) is 4.99. The van der Waals surface area contributed by atoms with Gasteiger partial charge in [0.15, 0.2) is 0 Å². The van der Waals surface area contributed by atoms with E-state index in [1.165, 1.54) is 35.1 Å². The number of likely N-dealkylation sites (tertiary alicyclic amines) is 1. The fraction of sp³-hybridized carbons (Fsp3) is 0.455. The van der Waals surface area contributed by atoms with Gasteiger partial charge in [0.05, 0.1) is 5.39 Å². The molecule has 0 bridgehead atoms. The number of piperidine rings is 1. The van der Waals surface area contributed by atoms with Crippen molar-refractivity contribution in [3.8, 4) is 0 Å². The third-order valence-corrected chi connectivity index (χ3v) is 7.23. The summed E-state index contributed by atoms with van der Waals surface area (Å²) in [6, 6.07) is 7.51. The van der Waals surface area contributed by atoms with Crippen LogP contribution in [0.25, 0.3) is 10.2 Å². The molecule has 1 aliphatic heterocycles. The molecule has 5 rings (SSSR count). The third kappa shape index (κ3) is 3.51. The van der Waals surface area contributed by atoms with E-state index in [4.69, 9.17) is 0 Å². The Hall–Kier alpha value is -2.05. The minimum Gasteiger partial charge on any atom is -0.367 e. The van der Waals surface area contributed by atoms with Crippen LogP contribution in [0.1, 0.15) is 41.7 Å². The summed E-state index contributed by atoms with van der Waals surface area (Å²) >= 11 is 1.84. The topological polar surface area (TPSA) is 41.0 Å². The molecule has 1 saturated heterocycles. The molecule has 0 unspecified atom stereocenters. The summed E-state index contributed by atoms with van der Waals surface area (Å²) in [6.45, 7) is 2.64. The molecule has 6 heteroatoms. The van der Waals surface area contributed by atoms with E-state index in [9.17, 15) is 4.39 Å². The summed E-state index contributed by atoms with van der Waals surface area (Å²) in [5.41, 5.74) is 2.27. The van der Waals surface area contributed by atoms with Crippen LogP contribution in [-0.2, 0) is 19.4 Å². The zero-order chi connectivity index (χ0) is 18.9. The molecule has 0 radical (unpaired) electrons. The number of rotatable bonds is 4. The fourth-order valence-electron chi connectivity index (χ4n) is 4.50. The van der Waals surface area contributed by atoms with E-state index in [0.29, 0.717) is 12.6 Å². The van der Waals surface area contributed by atoms with Gasteiger partial charge in [0.2, 0.25) is 0 Å². The number of fused-ring (bicyclic) bond motifs is 3. The number of aryl methyl sites for hydroxylation is 2. The first-order chi connectivity index (χ1) is 13.8. The van der Waals surface area contributed by atoms with Crippen molar-refractivity contribution < 1.29 is 4.39 Å². The SMILES string of the molecule is Fc1ccccc1CN1CCC(Nc2ncnc3sc4c(c23)CCCC4)CC1. The first-order valence-corrected chi connectivity index (χ1v) is 11.1. The van der Waals surface area contributed by atoms with E-state index in [0.717, 1.165) is 48.6 Å². The molecule has 2 aliphatic rings. The molecule has 0 atom stereocenters. The molecule has 3 aromatic rings. The molecule has 28 heavy (non-hydrogen) atoms. The Morgan fingerprint density at radius 3 is 2.79 bits per heavy atom. The number of benzene rings is 1. The average molecular weight is 397 g/mol. The van der Waals surface area contributed by atoms with Crippen molar-refractivity contribution >= 4 is 27.4 Å². The van der Waals surface area contributed by atoms with Gasteiger partial charge >= 0.3 is 0 Å². The maximum atomic E-state index is 13.9. The van der Waals surface area contributed by atoms with Crippen LogP contribution >= 0.6 is 11.3 Å². The Balaban J connectivity index is 1.27. The molecule has 3 heterocycles. The van der Waals surface area contributed by atoms with Gasteiger partial charge in [0.1, 0.15) is 22.8 Å². The number of hydrogen-bond acceptors (Lipinski definition) is 5. The van der Waals surface area contributed by atoms with Gasteiger partial charge in [0, 0.05) is 36.1 Å². The van der Waals surface area contributed by atoms with E-state index >= 15 is 0 Å². The molecule has 2 aromatic heterocycles. The second-order valence-corrected chi connectivity index (χ2v) is 8.98. The summed E-state index contributed by atoms with van der Waals surface area (Å²) in [7, 11) is 0. The van der Waals surface area contributed by atoms with Gasteiger partial charge in [-0.15, -0.1) is 11.3 Å². The van der Waals surface area contributed by atoms with Crippen LogP contribution in [-0.4, -0.2) is 34.0 Å². The van der Waals surface area contributed by atoms with Gasteiger partial charge in [-0.1, -0.05) is 18.2 Å². The van der Waals surface area contributed by atoms with Crippen LogP contribution in [0.4, 0.5) is 10.2 Å². The van der Waals surface area contributed by atoms with Crippen molar-refractivity contribution in [2.75, 3.05) is 18.4 Å². The average Bonchev–Trinajstić information content (AvgIpc) is 3.11. The Morgan fingerprint density at radius 2 is 1.93 bits per heavy atom. The highest BCUT2D eigenvalue weighted by molar-refractivity contribution is 7.19. The summed E-state index contributed by atoms with van der Waals surface area (Å²) in [5.74, 6) is 0.908. The van der Waals surface area contributed by atoms with Crippen molar-refractivity contribution in [2.24, 2.45) is 0 Å². The predicted octanol–water partition coefficient (Wildman–Crippen LogP) is 4.79. The second kappa shape index (κ2) is 7.76. The molecular formula is C22H25FN4S. The van der Waals surface area contributed by atoms with Crippen LogP contribution < -0.4 is 5.32 Å². The van der Waals surface area contributed by atoms with Crippen LogP contribution in [0.3, 0.4) is 0 Å². The van der Waals surface area contributed by atoms with Crippen molar-refractivity contribution in [3.63, 3.8) is 0 Å². The molecule has 0 saturated carbocycles. The van der Waals surface area contributed by atoms with E-state index in [2.05, 4.69) is 20.2 Å². The fourth-order valence-corrected chi connectivity index (χ4v) is 5.72. The number of anilines is 1. The van der Waals surface area contributed by atoms with Crippen LogP contribution in [0, 0.1) is 5.82 Å². The lowest BCUT2D eigenvalue weighted by Crippen LogP contribution is -2.39. The molecule has 1 aromatic carbocycles. The van der Waals surface area contributed by atoms with Gasteiger partial charge in [-0.05, 0) is 50.2 Å². The molecule has 0 amide bonds. The van der Waals surface area contributed by atoms with Crippen molar-refractivity contribution in [2.45, 2.75) is 51.1 Å². The Labute approximate surface area is 168 Å². The second-order valence-electron chi connectivity index (χ2n) is 7.90. The minimum absolute atomic E-state index is 0.103. The normalized spacial score (nSPS) is 18.3. The molecule has 4 nitrogen and oxygen atoms in total. The van der Waals surface area contributed by atoms with Crippen LogP contribution in [0.5, 0.6) is 0 Å². The van der Waals surface area contributed by atoms with Gasteiger partial charge in [-0.25, -0.2) is 14.4 Å². The number of thiophene rings is 1. The maximum Gasteiger partial charge on any atom is 0.138 e. The van der Waals surface area contributed by atoms with Gasteiger partial charge in [-0.2, -0.15) is 0 Å². The van der Waals surface area contributed by atoms with Crippen molar-refractivity contribution in [1.82, 2.24) is 14.9 Å². The molecule has 1 aliphatic carbocycles. The van der Waals surface area contributed by atoms with E-state index in [1.54, 1.807) is 18.5 Å². The van der Waals surface area contributed by atoms with Crippen molar-refractivity contribution in [3.05, 3.63) is 52.4 Å². The smallest absolute Gasteiger partial charge is 0.138 e. The highest BCUT2D eigenvalue weighted by atomic mass is 32.1. The molecule has 1 fully saturated rings. The highest BCUT2D eigenvalue weighted by Crippen LogP contribution is 2.38. The number of aromatic nitrogens is 2. The first-order valence-electron chi connectivity index (χ1n) is 10.3. The maximum absolute atomic E-state index is 13.9. The molecule has 146 valence electrons. The Morgan fingerprint density at radius 1 is 1.11 bits per heavy atom. The third-order valence-electron chi connectivity index (χ3n) is 6.03. The monoisotopic (exact) mass is 396 g/mol.